The van der Waals surface area contributed by atoms with Crippen LogP contribution in [0.5, 0.6) is 0 Å². The van der Waals surface area contributed by atoms with Crippen LogP contribution in [0.25, 0.3) is 0 Å². The number of rotatable bonds is 9. The second-order valence-electron chi connectivity index (χ2n) is 4.95. The summed E-state index contributed by atoms with van der Waals surface area (Å²) in [4.78, 5) is 15.7. The van der Waals surface area contributed by atoms with Crippen LogP contribution in [0.15, 0.2) is 49.1 Å². The van der Waals surface area contributed by atoms with Gasteiger partial charge in [-0.2, -0.15) is 0 Å². The van der Waals surface area contributed by atoms with Gasteiger partial charge in [0, 0.05) is 25.5 Å². The van der Waals surface area contributed by atoms with Crippen LogP contribution < -0.4 is 10.6 Å². The Balaban J connectivity index is 1.47. The highest BCUT2D eigenvalue weighted by Gasteiger charge is 2.00. The van der Waals surface area contributed by atoms with E-state index in [1.54, 1.807) is 6.20 Å². The SMILES string of the molecule is O=C(CNCCCCn1ccnc1)NCc1ccccc1. The molecule has 5 heteroatoms. The number of carbonyl (C=O) groups excluding carboxylic acids is 1. The molecule has 0 unspecified atom stereocenters. The summed E-state index contributed by atoms with van der Waals surface area (Å²) in [5.74, 6) is 0.0356. The number of carbonyl (C=O) groups is 1. The Hall–Kier alpha value is -2.14. The molecule has 0 aliphatic rings. The summed E-state index contributed by atoms with van der Waals surface area (Å²) in [7, 11) is 0. The molecular formula is C16H22N4O. The van der Waals surface area contributed by atoms with Gasteiger partial charge in [0.05, 0.1) is 12.9 Å². The van der Waals surface area contributed by atoms with E-state index in [-0.39, 0.29) is 5.91 Å². The fraction of sp³-hybridized carbons (Fsp3) is 0.375. The highest BCUT2D eigenvalue weighted by molar-refractivity contribution is 5.77. The number of nitrogens with zero attached hydrogens (tertiary/aromatic N) is 2. The van der Waals surface area contributed by atoms with E-state index < -0.39 is 0 Å². The second-order valence-corrected chi connectivity index (χ2v) is 4.95. The monoisotopic (exact) mass is 286 g/mol. The summed E-state index contributed by atoms with van der Waals surface area (Å²) < 4.78 is 2.06. The lowest BCUT2D eigenvalue weighted by molar-refractivity contribution is -0.120. The van der Waals surface area contributed by atoms with Gasteiger partial charge >= 0.3 is 0 Å². The van der Waals surface area contributed by atoms with E-state index in [4.69, 9.17) is 0 Å². The molecule has 0 fully saturated rings. The van der Waals surface area contributed by atoms with Gasteiger partial charge in [0.25, 0.3) is 0 Å². The minimum atomic E-state index is 0.0356. The lowest BCUT2D eigenvalue weighted by Gasteiger charge is -2.07. The van der Waals surface area contributed by atoms with Crippen LogP contribution in [0.4, 0.5) is 0 Å². The Morgan fingerprint density at radius 3 is 2.81 bits per heavy atom. The van der Waals surface area contributed by atoms with Gasteiger partial charge in [-0.15, -0.1) is 0 Å². The van der Waals surface area contributed by atoms with Crippen LogP contribution in [-0.2, 0) is 17.9 Å². The zero-order valence-electron chi connectivity index (χ0n) is 12.2. The van der Waals surface area contributed by atoms with Crippen molar-refractivity contribution >= 4 is 5.91 Å². The zero-order chi connectivity index (χ0) is 14.8. The largest absolute Gasteiger partial charge is 0.351 e. The average molecular weight is 286 g/mol. The predicted molar refractivity (Wildman–Crippen MR) is 82.6 cm³/mol. The number of benzene rings is 1. The topological polar surface area (TPSA) is 59.0 Å². The first-order chi connectivity index (χ1) is 10.3. The van der Waals surface area contributed by atoms with Crippen molar-refractivity contribution in [1.29, 1.82) is 0 Å². The predicted octanol–water partition coefficient (Wildman–Crippen LogP) is 1.57. The number of hydrogen-bond acceptors (Lipinski definition) is 3. The molecule has 0 aliphatic heterocycles. The summed E-state index contributed by atoms with van der Waals surface area (Å²) in [6.45, 7) is 2.79. The van der Waals surface area contributed by atoms with Gasteiger partial charge in [-0.05, 0) is 24.9 Å². The molecule has 0 bridgehead atoms. The van der Waals surface area contributed by atoms with Crippen LogP contribution >= 0.6 is 0 Å². The molecule has 1 amide bonds. The van der Waals surface area contributed by atoms with Gasteiger partial charge in [0.1, 0.15) is 0 Å². The second kappa shape index (κ2) is 8.92. The van der Waals surface area contributed by atoms with Crippen molar-refractivity contribution < 1.29 is 4.79 Å². The van der Waals surface area contributed by atoms with Gasteiger partial charge < -0.3 is 15.2 Å². The van der Waals surface area contributed by atoms with E-state index in [1.807, 2.05) is 42.9 Å². The van der Waals surface area contributed by atoms with Crippen molar-refractivity contribution in [3.63, 3.8) is 0 Å². The molecule has 0 radical (unpaired) electrons. The smallest absolute Gasteiger partial charge is 0.234 e. The molecule has 5 nitrogen and oxygen atoms in total. The molecule has 1 aromatic heterocycles. The number of hydrogen-bond donors (Lipinski definition) is 2. The molecule has 112 valence electrons. The van der Waals surface area contributed by atoms with Crippen molar-refractivity contribution in [1.82, 2.24) is 20.2 Å². The number of amides is 1. The first-order valence-corrected chi connectivity index (χ1v) is 7.31. The fourth-order valence-corrected chi connectivity index (χ4v) is 2.02. The van der Waals surface area contributed by atoms with Crippen molar-refractivity contribution in [3.8, 4) is 0 Å². The minimum Gasteiger partial charge on any atom is -0.351 e. The quantitative estimate of drug-likeness (QED) is 0.688. The summed E-state index contributed by atoms with van der Waals surface area (Å²) in [6, 6.07) is 9.92. The molecule has 0 saturated heterocycles. The highest BCUT2D eigenvalue weighted by atomic mass is 16.1. The Labute approximate surface area is 125 Å². The van der Waals surface area contributed by atoms with Gasteiger partial charge in [0.15, 0.2) is 0 Å². The maximum Gasteiger partial charge on any atom is 0.234 e. The van der Waals surface area contributed by atoms with Crippen molar-refractivity contribution in [2.45, 2.75) is 25.9 Å². The van der Waals surface area contributed by atoms with E-state index in [1.165, 1.54) is 0 Å². The summed E-state index contributed by atoms with van der Waals surface area (Å²) in [6.07, 6.45) is 7.70. The Morgan fingerprint density at radius 1 is 1.19 bits per heavy atom. The van der Waals surface area contributed by atoms with Crippen molar-refractivity contribution in [2.24, 2.45) is 0 Å². The highest BCUT2D eigenvalue weighted by Crippen LogP contribution is 1.97. The van der Waals surface area contributed by atoms with E-state index in [9.17, 15) is 4.79 Å². The van der Waals surface area contributed by atoms with E-state index in [0.29, 0.717) is 13.1 Å². The van der Waals surface area contributed by atoms with E-state index >= 15 is 0 Å². The molecule has 1 aromatic carbocycles. The molecule has 2 N–H and O–H groups in total. The molecule has 0 atom stereocenters. The molecule has 0 spiro atoms. The summed E-state index contributed by atoms with van der Waals surface area (Å²) in [5, 5.41) is 6.06. The number of unbranched alkanes of at least 4 members (excludes halogenated alkanes) is 1. The first-order valence-electron chi connectivity index (χ1n) is 7.31. The Bertz CT molecular complexity index is 510. The van der Waals surface area contributed by atoms with Gasteiger partial charge in [0.2, 0.25) is 5.91 Å². The Kier molecular flexibility index (Phi) is 6.48. The van der Waals surface area contributed by atoms with Crippen LogP contribution in [-0.4, -0.2) is 28.5 Å². The molecule has 0 saturated carbocycles. The molecule has 2 aromatic rings. The standard InChI is InChI=1S/C16H22N4O/c21-16(19-12-15-6-2-1-3-7-15)13-17-8-4-5-10-20-11-9-18-14-20/h1-3,6-7,9,11,14,17H,4-5,8,10,12-13H2,(H,19,21). The number of aromatic nitrogens is 2. The normalized spacial score (nSPS) is 10.5. The number of aryl methyl sites for hydroxylation is 1. The molecule has 21 heavy (non-hydrogen) atoms. The number of imidazole rings is 1. The minimum absolute atomic E-state index is 0.0356. The van der Waals surface area contributed by atoms with E-state index in [0.717, 1.165) is 31.5 Å². The first kappa shape index (κ1) is 15.3. The third kappa shape index (κ3) is 6.23. The molecular weight excluding hydrogens is 264 g/mol. The lowest BCUT2D eigenvalue weighted by Crippen LogP contribution is -2.33. The fourth-order valence-electron chi connectivity index (χ4n) is 2.02. The van der Waals surface area contributed by atoms with Crippen LogP contribution in [0.2, 0.25) is 0 Å². The average Bonchev–Trinajstić information content (AvgIpc) is 3.03. The summed E-state index contributed by atoms with van der Waals surface area (Å²) in [5.41, 5.74) is 1.12. The number of nitrogens with one attached hydrogen (secondary N) is 2. The van der Waals surface area contributed by atoms with Crippen molar-refractivity contribution in [3.05, 3.63) is 54.6 Å². The van der Waals surface area contributed by atoms with Crippen LogP contribution in [0, 0.1) is 0 Å². The summed E-state index contributed by atoms with van der Waals surface area (Å²) >= 11 is 0. The van der Waals surface area contributed by atoms with E-state index in [2.05, 4.69) is 20.2 Å². The molecule has 0 aliphatic carbocycles. The maximum atomic E-state index is 11.6. The third-order valence-electron chi connectivity index (χ3n) is 3.20. The van der Waals surface area contributed by atoms with Gasteiger partial charge in [-0.3, -0.25) is 4.79 Å². The molecule has 2 rings (SSSR count). The van der Waals surface area contributed by atoms with Crippen molar-refractivity contribution in [2.75, 3.05) is 13.1 Å². The van der Waals surface area contributed by atoms with Crippen LogP contribution in [0.3, 0.4) is 0 Å². The maximum absolute atomic E-state index is 11.6. The van der Waals surface area contributed by atoms with Crippen LogP contribution in [0.1, 0.15) is 18.4 Å². The lowest BCUT2D eigenvalue weighted by atomic mass is 10.2. The zero-order valence-corrected chi connectivity index (χ0v) is 12.2. The Morgan fingerprint density at radius 2 is 2.05 bits per heavy atom. The third-order valence-corrected chi connectivity index (χ3v) is 3.20. The van der Waals surface area contributed by atoms with Gasteiger partial charge in [-0.1, -0.05) is 30.3 Å². The van der Waals surface area contributed by atoms with Gasteiger partial charge in [-0.25, -0.2) is 4.98 Å². The molecule has 1 heterocycles.